The average molecular weight is 257 g/mol. The third-order valence-corrected chi connectivity index (χ3v) is 2.69. The number of benzene rings is 1. The van der Waals surface area contributed by atoms with Crippen molar-refractivity contribution < 1.29 is 9.90 Å². The summed E-state index contributed by atoms with van der Waals surface area (Å²) in [6.45, 7) is 0. The molecule has 98 valence electrons. The fraction of sp³-hybridized carbons (Fsp3) is 0.143. The molecule has 5 heteroatoms. The first kappa shape index (κ1) is 12.9. The Morgan fingerprint density at radius 1 is 1.26 bits per heavy atom. The zero-order chi connectivity index (χ0) is 13.7. The SMILES string of the molecule is Nc1cccc(CCc2cc(NC(=O)O)ccn2)c1. The van der Waals surface area contributed by atoms with Gasteiger partial charge in [0.2, 0.25) is 0 Å². The van der Waals surface area contributed by atoms with Gasteiger partial charge in [-0.15, -0.1) is 0 Å². The second-order valence-electron chi connectivity index (χ2n) is 4.21. The molecule has 0 bridgehead atoms. The molecule has 0 aliphatic rings. The Kier molecular flexibility index (Phi) is 3.97. The Morgan fingerprint density at radius 2 is 2.11 bits per heavy atom. The molecule has 0 saturated heterocycles. The van der Waals surface area contributed by atoms with Crippen molar-refractivity contribution in [2.45, 2.75) is 12.8 Å². The number of rotatable bonds is 4. The van der Waals surface area contributed by atoms with E-state index in [2.05, 4.69) is 10.3 Å². The number of nitrogens with one attached hydrogen (secondary N) is 1. The highest BCUT2D eigenvalue weighted by molar-refractivity contribution is 5.82. The van der Waals surface area contributed by atoms with Gasteiger partial charge in [0.1, 0.15) is 0 Å². The van der Waals surface area contributed by atoms with Crippen molar-refractivity contribution in [3.05, 3.63) is 53.9 Å². The number of aryl methyl sites for hydroxylation is 2. The fourth-order valence-electron chi connectivity index (χ4n) is 1.84. The van der Waals surface area contributed by atoms with E-state index in [4.69, 9.17) is 10.8 Å². The third kappa shape index (κ3) is 3.99. The zero-order valence-electron chi connectivity index (χ0n) is 10.3. The van der Waals surface area contributed by atoms with Gasteiger partial charge in [-0.05, 0) is 42.7 Å². The summed E-state index contributed by atoms with van der Waals surface area (Å²) < 4.78 is 0. The molecule has 1 heterocycles. The van der Waals surface area contributed by atoms with Crippen LogP contribution in [0.4, 0.5) is 16.2 Å². The molecule has 0 spiro atoms. The lowest BCUT2D eigenvalue weighted by atomic mass is 10.1. The summed E-state index contributed by atoms with van der Waals surface area (Å²) in [5, 5.41) is 11.0. The highest BCUT2D eigenvalue weighted by Crippen LogP contribution is 2.12. The van der Waals surface area contributed by atoms with Crippen LogP contribution in [0.2, 0.25) is 0 Å². The molecule has 19 heavy (non-hydrogen) atoms. The van der Waals surface area contributed by atoms with E-state index in [-0.39, 0.29) is 0 Å². The summed E-state index contributed by atoms with van der Waals surface area (Å²) in [6, 6.07) is 11.1. The van der Waals surface area contributed by atoms with E-state index < -0.39 is 6.09 Å². The number of aromatic nitrogens is 1. The Hall–Kier alpha value is -2.56. The number of carboxylic acid groups (broad SMARTS) is 1. The minimum Gasteiger partial charge on any atom is -0.465 e. The molecule has 0 aliphatic carbocycles. The lowest BCUT2D eigenvalue weighted by Crippen LogP contribution is -2.07. The molecule has 5 nitrogen and oxygen atoms in total. The highest BCUT2D eigenvalue weighted by Gasteiger charge is 2.01. The van der Waals surface area contributed by atoms with Gasteiger partial charge in [0, 0.05) is 23.3 Å². The van der Waals surface area contributed by atoms with E-state index in [1.165, 1.54) is 0 Å². The second kappa shape index (κ2) is 5.86. The molecule has 0 aliphatic heterocycles. The first-order valence-corrected chi connectivity index (χ1v) is 5.93. The minimum absolute atomic E-state index is 0.532. The number of hydrogen-bond acceptors (Lipinski definition) is 3. The Bertz CT molecular complexity index is 584. The van der Waals surface area contributed by atoms with Crippen LogP contribution in [-0.4, -0.2) is 16.2 Å². The molecule has 1 amide bonds. The van der Waals surface area contributed by atoms with Crippen LogP contribution < -0.4 is 11.1 Å². The molecule has 1 aromatic heterocycles. The van der Waals surface area contributed by atoms with Crippen molar-refractivity contribution in [2.75, 3.05) is 11.1 Å². The maximum Gasteiger partial charge on any atom is 0.409 e. The summed E-state index contributed by atoms with van der Waals surface area (Å²) in [7, 11) is 0. The van der Waals surface area contributed by atoms with Gasteiger partial charge < -0.3 is 10.8 Å². The molecule has 2 aromatic rings. The number of amides is 1. The first-order chi connectivity index (χ1) is 9.13. The van der Waals surface area contributed by atoms with Gasteiger partial charge in [0.15, 0.2) is 0 Å². The molecular formula is C14H15N3O2. The normalized spacial score (nSPS) is 10.1. The largest absolute Gasteiger partial charge is 0.465 e. The van der Waals surface area contributed by atoms with E-state index in [1.807, 2.05) is 24.3 Å². The topological polar surface area (TPSA) is 88.2 Å². The number of nitrogens with two attached hydrogens (primary N) is 1. The van der Waals surface area contributed by atoms with Gasteiger partial charge in [0.05, 0.1) is 0 Å². The molecular weight excluding hydrogens is 242 g/mol. The predicted molar refractivity (Wildman–Crippen MR) is 74.1 cm³/mol. The number of anilines is 2. The van der Waals surface area contributed by atoms with E-state index in [1.54, 1.807) is 18.3 Å². The summed E-state index contributed by atoms with van der Waals surface area (Å²) in [4.78, 5) is 14.8. The van der Waals surface area contributed by atoms with Crippen LogP contribution in [0.1, 0.15) is 11.3 Å². The molecule has 0 saturated carbocycles. The van der Waals surface area contributed by atoms with Crippen molar-refractivity contribution in [2.24, 2.45) is 0 Å². The van der Waals surface area contributed by atoms with Crippen LogP contribution in [-0.2, 0) is 12.8 Å². The van der Waals surface area contributed by atoms with E-state index in [9.17, 15) is 4.79 Å². The highest BCUT2D eigenvalue weighted by atomic mass is 16.4. The molecule has 0 atom stereocenters. The van der Waals surface area contributed by atoms with Crippen LogP contribution in [0.5, 0.6) is 0 Å². The first-order valence-electron chi connectivity index (χ1n) is 5.93. The predicted octanol–water partition coefficient (Wildman–Crippen LogP) is 2.54. The Morgan fingerprint density at radius 3 is 2.84 bits per heavy atom. The average Bonchev–Trinajstić information content (AvgIpc) is 2.36. The Labute approximate surface area is 111 Å². The summed E-state index contributed by atoms with van der Waals surface area (Å²) in [5.41, 5.74) is 8.97. The van der Waals surface area contributed by atoms with Crippen molar-refractivity contribution in [1.82, 2.24) is 4.98 Å². The van der Waals surface area contributed by atoms with Crippen LogP contribution in [0.25, 0.3) is 0 Å². The minimum atomic E-state index is -1.08. The van der Waals surface area contributed by atoms with Gasteiger partial charge in [-0.2, -0.15) is 0 Å². The van der Waals surface area contributed by atoms with Crippen molar-refractivity contribution in [3.63, 3.8) is 0 Å². The second-order valence-corrected chi connectivity index (χ2v) is 4.21. The van der Waals surface area contributed by atoms with Crippen molar-refractivity contribution >= 4 is 17.5 Å². The van der Waals surface area contributed by atoms with Gasteiger partial charge in [-0.1, -0.05) is 12.1 Å². The van der Waals surface area contributed by atoms with Gasteiger partial charge in [-0.3, -0.25) is 10.3 Å². The van der Waals surface area contributed by atoms with Crippen LogP contribution in [0, 0.1) is 0 Å². The number of nitrogens with zero attached hydrogens (tertiary/aromatic N) is 1. The standard InChI is InChI=1S/C14H15N3O2/c15-11-3-1-2-10(8-11)4-5-12-9-13(6-7-16-12)17-14(18)19/h1-3,6-9H,4-5,15H2,(H,16,17)(H,18,19). The molecule has 0 fully saturated rings. The fourth-order valence-corrected chi connectivity index (χ4v) is 1.84. The zero-order valence-corrected chi connectivity index (χ0v) is 10.3. The van der Waals surface area contributed by atoms with Crippen molar-refractivity contribution in [3.8, 4) is 0 Å². The van der Waals surface area contributed by atoms with Crippen LogP contribution in [0.3, 0.4) is 0 Å². The summed E-state index contributed by atoms with van der Waals surface area (Å²) >= 11 is 0. The van der Waals surface area contributed by atoms with Gasteiger partial charge >= 0.3 is 6.09 Å². The molecule has 0 radical (unpaired) electrons. The number of nitrogen functional groups attached to an aromatic ring is 1. The van der Waals surface area contributed by atoms with E-state index in [0.29, 0.717) is 5.69 Å². The summed E-state index contributed by atoms with van der Waals surface area (Å²) in [5.74, 6) is 0. The molecule has 0 unspecified atom stereocenters. The van der Waals surface area contributed by atoms with Crippen LogP contribution >= 0.6 is 0 Å². The number of hydrogen-bond donors (Lipinski definition) is 3. The van der Waals surface area contributed by atoms with Gasteiger partial charge in [0.25, 0.3) is 0 Å². The van der Waals surface area contributed by atoms with Gasteiger partial charge in [-0.25, -0.2) is 4.79 Å². The lowest BCUT2D eigenvalue weighted by molar-refractivity contribution is 0.210. The van der Waals surface area contributed by atoms with Crippen LogP contribution in [0.15, 0.2) is 42.6 Å². The Balaban J connectivity index is 2.01. The number of pyridine rings is 1. The van der Waals surface area contributed by atoms with Crippen molar-refractivity contribution in [1.29, 1.82) is 0 Å². The monoisotopic (exact) mass is 257 g/mol. The molecule has 2 rings (SSSR count). The smallest absolute Gasteiger partial charge is 0.409 e. The third-order valence-electron chi connectivity index (χ3n) is 2.69. The summed E-state index contributed by atoms with van der Waals surface area (Å²) in [6.07, 6.45) is 2.07. The molecule has 4 N–H and O–H groups in total. The van der Waals surface area contributed by atoms with E-state index >= 15 is 0 Å². The molecule has 1 aromatic carbocycles. The quantitative estimate of drug-likeness (QED) is 0.734. The number of carbonyl (C=O) groups is 1. The maximum absolute atomic E-state index is 10.6. The maximum atomic E-state index is 10.6. The van der Waals surface area contributed by atoms with E-state index in [0.717, 1.165) is 29.8 Å². The lowest BCUT2D eigenvalue weighted by Gasteiger charge is -2.05.